The van der Waals surface area contributed by atoms with E-state index in [2.05, 4.69) is 9.47 Å². The van der Waals surface area contributed by atoms with Crippen LogP contribution in [0.15, 0.2) is 35.9 Å². The molecule has 0 saturated carbocycles. The van der Waals surface area contributed by atoms with Gasteiger partial charge in [0.2, 0.25) is 0 Å². The molecule has 0 amide bonds. The van der Waals surface area contributed by atoms with Gasteiger partial charge >= 0.3 is 12.3 Å². The molecule has 0 aromatic heterocycles. The minimum Gasteiger partial charge on any atom is -0.490 e. The van der Waals surface area contributed by atoms with E-state index in [1.54, 1.807) is 13.0 Å². The first-order valence-corrected chi connectivity index (χ1v) is 6.11. The lowest BCUT2D eigenvalue weighted by molar-refractivity contribution is -0.274. The van der Waals surface area contributed by atoms with Crippen molar-refractivity contribution in [2.24, 2.45) is 0 Å². The number of alkyl halides is 3. The summed E-state index contributed by atoms with van der Waals surface area (Å²) >= 11 is 0. The third-order valence-electron chi connectivity index (χ3n) is 2.47. The number of hydrogen-bond donors (Lipinski definition) is 0. The van der Waals surface area contributed by atoms with E-state index in [9.17, 15) is 18.0 Å². The number of benzene rings is 1. The normalized spacial score (nSPS) is 12.0. The van der Waals surface area contributed by atoms with Gasteiger partial charge in [0.15, 0.2) is 0 Å². The fourth-order valence-electron chi connectivity index (χ4n) is 1.48. The van der Waals surface area contributed by atoms with E-state index in [1.807, 2.05) is 0 Å². The lowest BCUT2D eigenvalue weighted by Crippen LogP contribution is -2.16. The predicted molar refractivity (Wildman–Crippen MR) is 69.0 cm³/mol. The average molecular weight is 304 g/mol. The van der Waals surface area contributed by atoms with Crippen molar-refractivity contribution in [3.05, 3.63) is 35.9 Å². The van der Waals surface area contributed by atoms with Crippen LogP contribution in [0, 0.1) is 0 Å². The van der Waals surface area contributed by atoms with E-state index in [0.717, 1.165) is 12.1 Å². The third-order valence-corrected chi connectivity index (χ3v) is 2.47. The molecule has 0 radical (unpaired) electrons. The molecule has 0 aliphatic rings. The van der Waals surface area contributed by atoms with Gasteiger partial charge in [0.25, 0.3) is 0 Å². The molecule has 0 atom stereocenters. The number of rotatable bonds is 6. The second-order valence-electron chi connectivity index (χ2n) is 3.90. The second kappa shape index (κ2) is 7.56. The number of halogens is 3. The number of esters is 1. The summed E-state index contributed by atoms with van der Waals surface area (Å²) in [5.74, 6) is -0.398. The molecule has 1 aromatic rings. The minimum absolute atomic E-state index is 0.109. The summed E-state index contributed by atoms with van der Waals surface area (Å²) in [6.07, 6.45) is -2.66. The molecule has 0 bridgehead atoms. The average Bonchev–Trinajstić information content (AvgIpc) is 2.43. The van der Waals surface area contributed by atoms with Crippen molar-refractivity contribution < 1.29 is 32.2 Å². The van der Waals surface area contributed by atoms with Crippen LogP contribution >= 0.6 is 0 Å². The smallest absolute Gasteiger partial charge is 0.490 e. The molecule has 0 unspecified atom stereocenters. The van der Waals surface area contributed by atoms with E-state index in [-0.39, 0.29) is 12.4 Å². The van der Waals surface area contributed by atoms with E-state index in [1.165, 1.54) is 19.2 Å². The van der Waals surface area contributed by atoms with Crippen LogP contribution in [0.2, 0.25) is 0 Å². The summed E-state index contributed by atoms with van der Waals surface area (Å²) in [7, 11) is 1.28. The van der Waals surface area contributed by atoms with Crippen LogP contribution < -0.4 is 9.47 Å². The second-order valence-corrected chi connectivity index (χ2v) is 3.90. The summed E-state index contributed by atoms with van der Waals surface area (Å²) < 4.78 is 49.5. The molecular formula is C14H15F3O4. The van der Waals surface area contributed by atoms with Gasteiger partial charge in [-0.15, -0.1) is 13.2 Å². The quantitative estimate of drug-likeness (QED) is 0.596. The van der Waals surface area contributed by atoms with Gasteiger partial charge in [-0.05, 0) is 36.8 Å². The van der Waals surface area contributed by atoms with Crippen molar-refractivity contribution in [3.8, 4) is 11.5 Å². The summed E-state index contributed by atoms with van der Waals surface area (Å²) in [4.78, 5) is 11.3. The number of carbonyl (C=O) groups is 1. The van der Waals surface area contributed by atoms with E-state index in [4.69, 9.17) is 4.74 Å². The number of ether oxygens (including phenoxy) is 3. The first-order valence-electron chi connectivity index (χ1n) is 6.11. The topological polar surface area (TPSA) is 44.8 Å². The summed E-state index contributed by atoms with van der Waals surface area (Å²) in [5.41, 5.74) is 0.467. The van der Waals surface area contributed by atoms with Crippen molar-refractivity contribution in [1.29, 1.82) is 0 Å². The molecular weight excluding hydrogens is 289 g/mol. The molecule has 21 heavy (non-hydrogen) atoms. The highest BCUT2D eigenvalue weighted by molar-refractivity contribution is 5.88. The Bertz CT molecular complexity index is 492. The highest BCUT2D eigenvalue weighted by Gasteiger charge is 2.30. The fourth-order valence-corrected chi connectivity index (χ4v) is 1.48. The van der Waals surface area contributed by atoms with Gasteiger partial charge in [-0.1, -0.05) is 6.92 Å². The first-order chi connectivity index (χ1) is 9.85. The molecule has 7 heteroatoms. The molecule has 0 heterocycles. The predicted octanol–water partition coefficient (Wildman–Crippen LogP) is 3.47. The van der Waals surface area contributed by atoms with Gasteiger partial charge in [0.05, 0.1) is 7.11 Å². The Kier molecular flexibility index (Phi) is 6.08. The third kappa shape index (κ3) is 6.20. The number of methoxy groups -OCH3 is 1. The van der Waals surface area contributed by atoms with Crippen molar-refractivity contribution in [2.45, 2.75) is 19.7 Å². The zero-order valence-corrected chi connectivity index (χ0v) is 11.6. The van der Waals surface area contributed by atoms with Crippen LogP contribution in [0.5, 0.6) is 11.5 Å². The molecule has 0 aliphatic heterocycles. The SMILES string of the molecule is CC/C(=C/COc1ccc(OC(F)(F)F)cc1)C(=O)OC. The maximum Gasteiger partial charge on any atom is 0.573 e. The van der Waals surface area contributed by atoms with Crippen LogP contribution in [0.1, 0.15) is 13.3 Å². The van der Waals surface area contributed by atoms with E-state index in [0.29, 0.717) is 17.7 Å². The minimum atomic E-state index is -4.72. The van der Waals surface area contributed by atoms with Crippen LogP contribution in [0.4, 0.5) is 13.2 Å². The monoisotopic (exact) mass is 304 g/mol. The molecule has 0 fully saturated rings. The zero-order valence-electron chi connectivity index (χ0n) is 11.6. The van der Waals surface area contributed by atoms with Gasteiger partial charge in [-0.25, -0.2) is 4.79 Å². The maximum atomic E-state index is 12.0. The van der Waals surface area contributed by atoms with Crippen LogP contribution in [0.3, 0.4) is 0 Å². The van der Waals surface area contributed by atoms with Crippen molar-refractivity contribution in [2.75, 3.05) is 13.7 Å². The van der Waals surface area contributed by atoms with Gasteiger partial charge in [-0.3, -0.25) is 0 Å². The standard InChI is InChI=1S/C14H15F3O4/c1-3-10(13(18)19-2)8-9-20-11-4-6-12(7-5-11)21-14(15,16)17/h4-8H,3,9H2,1-2H3/b10-8-. The largest absolute Gasteiger partial charge is 0.573 e. The summed E-state index contributed by atoms with van der Waals surface area (Å²) in [6, 6.07) is 4.98. The summed E-state index contributed by atoms with van der Waals surface area (Å²) in [6.45, 7) is 1.91. The molecule has 1 aromatic carbocycles. The highest BCUT2D eigenvalue weighted by Crippen LogP contribution is 2.24. The van der Waals surface area contributed by atoms with Gasteiger partial charge in [-0.2, -0.15) is 0 Å². The van der Waals surface area contributed by atoms with Gasteiger partial charge < -0.3 is 14.2 Å². The van der Waals surface area contributed by atoms with Crippen LogP contribution in [0.25, 0.3) is 0 Å². The highest BCUT2D eigenvalue weighted by atomic mass is 19.4. The first kappa shape index (κ1) is 16.9. The Balaban J connectivity index is 2.57. The Hall–Kier alpha value is -2.18. The maximum absolute atomic E-state index is 12.0. The van der Waals surface area contributed by atoms with Crippen molar-refractivity contribution in [3.63, 3.8) is 0 Å². The van der Waals surface area contributed by atoms with Crippen LogP contribution in [-0.2, 0) is 9.53 Å². The summed E-state index contributed by atoms with van der Waals surface area (Å²) in [5, 5.41) is 0. The molecule has 0 aliphatic carbocycles. The Labute approximate surface area is 120 Å². The van der Waals surface area contributed by atoms with Gasteiger partial charge in [0.1, 0.15) is 18.1 Å². The molecule has 0 N–H and O–H groups in total. The fraction of sp³-hybridized carbons (Fsp3) is 0.357. The van der Waals surface area contributed by atoms with Crippen molar-refractivity contribution >= 4 is 5.97 Å². The molecule has 116 valence electrons. The molecule has 4 nitrogen and oxygen atoms in total. The number of hydrogen-bond acceptors (Lipinski definition) is 4. The van der Waals surface area contributed by atoms with Crippen LogP contribution in [-0.4, -0.2) is 26.0 Å². The Morgan fingerprint density at radius 3 is 2.24 bits per heavy atom. The molecule has 1 rings (SSSR count). The molecule has 0 spiro atoms. The zero-order chi connectivity index (χ0) is 15.9. The number of carbonyl (C=O) groups excluding carboxylic acids is 1. The van der Waals surface area contributed by atoms with E-state index < -0.39 is 12.3 Å². The van der Waals surface area contributed by atoms with E-state index >= 15 is 0 Å². The Morgan fingerprint density at radius 1 is 1.19 bits per heavy atom. The Morgan fingerprint density at radius 2 is 1.76 bits per heavy atom. The van der Waals surface area contributed by atoms with Crippen molar-refractivity contribution in [1.82, 2.24) is 0 Å². The lowest BCUT2D eigenvalue weighted by atomic mass is 10.2. The van der Waals surface area contributed by atoms with Gasteiger partial charge in [0, 0.05) is 5.57 Å². The lowest BCUT2D eigenvalue weighted by Gasteiger charge is -2.09. The molecule has 0 saturated heterocycles.